The molecule has 5 heteroatoms. The number of nitrogens with zero attached hydrogens (tertiary/aromatic N) is 1. The molecule has 1 aromatic carbocycles. The average molecular weight is 296 g/mol. The Bertz CT molecular complexity index is 567. The molecular formula is C15H24N2O2S. The number of rotatable bonds is 5. The molecular weight excluding hydrogens is 272 g/mol. The van der Waals surface area contributed by atoms with Crippen molar-refractivity contribution >= 4 is 15.5 Å². The van der Waals surface area contributed by atoms with Crippen LogP contribution in [0.3, 0.4) is 0 Å². The van der Waals surface area contributed by atoms with Gasteiger partial charge in [0.25, 0.3) is 0 Å². The van der Waals surface area contributed by atoms with Crippen molar-refractivity contribution < 1.29 is 8.42 Å². The average Bonchev–Trinajstić information content (AvgIpc) is 2.36. The molecule has 0 saturated carbocycles. The molecule has 0 aromatic heterocycles. The lowest BCUT2D eigenvalue weighted by Crippen LogP contribution is -2.31. The van der Waals surface area contributed by atoms with Crippen molar-refractivity contribution in [1.29, 1.82) is 0 Å². The van der Waals surface area contributed by atoms with Crippen LogP contribution in [0, 0.1) is 0 Å². The second-order valence-corrected chi connectivity index (χ2v) is 8.01. The molecule has 1 atom stereocenters. The second kappa shape index (κ2) is 6.14. The monoisotopic (exact) mass is 296 g/mol. The maximum atomic E-state index is 11.2. The topological polar surface area (TPSA) is 63.4 Å². The zero-order valence-electron chi connectivity index (χ0n) is 12.3. The molecule has 1 aliphatic heterocycles. The molecule has 0 spiro atoms. The Hall–Kier alpha value is -1.07. The van der Waals surface area contributed by atoms with Crippen molar-refractivity contribution in [2.24, 2.45) is 5.73 Å². The zero-order valence-corrected chi connectivity index (χ0v) is 13.1. The van der Waals surface area contributed by atoms with E-state index in [0.29, 0.717) is 6.42 Å². The van der Waals surface area contributed by atoms with Crippen molar-refractivity contribution in [1.82, 2.24) is 0 Å². The van der Waals surface area contributed by atoms with E-state index in [1.165, 1.54) is 23.1 Å². The first kappa shape index (κ1) is 15.3. The van der Waals surface area contributed by atoms with Crippen LogP contribution in [-0.2, 0) is 16.3 Å². The summed E-state index contributed by atoms with van der Waals surface area (Å²) in [6, 6.07) is 6.47. The molecule has 0 saturated heterocycles. The fourth-order valence-corrected chi connectivity index (χ4v) is 3.38. The van der Waals surface area contributed by atoms with Crippen LogP contribution in [0.15, 0.2) is 18.2 Å². The Morgan fingerprint density at radius 1 is 1.40 bits per heavy atom. The van der Waals surface area contributed by atoms with E-state index in [4.69, 9.17) is 5.73 Å². The standard InChI is InChI=1S/C15H24N2O2S/c1-12(16)13-6-7-15-14(11-13)5-3-8-17(15)9-4-10-20(2,18)19/h6-7,11-12H,3-5,8-10,16H2,1-2H3. The molecule has 0 radical (unpaired) electrons. The van der Waals surface area contributed by atoms with Crippen LogP contribution in [0.5, 0.6) is 0 Å². The number of aryl methyl sites for hydroxylation is 1. The summed E-state index contributed by atoms with van der Waals surface area (Å²) in [5.74, 6) is 0.261. The van der Waals surface area contributed by atoms with Gasteiger partial charge in [-0.25, -0.2) is 8.42 Å². The van der Waals surface area contributed by atoms with Gasteiger partial charge in [0.05, 0.1) is 5.75 Å². The van der Waals surface area contributed by atoms with E-state index in [-0.39, 0.29) is 11.8 Å². The lowest BCUT2D eigenvalue weighted by Gasteiger charge is -2.32. The van der Waals surface area contributed by atoms with Gasteiger partial charge in [-0.2, -0.15) is 0 Å². The van der Waals surface area contributed by atoms with Crippen molar-refractivity contribution in [3.8, 4) is 0 Å². The van der Waals surface area contributed by atoms with Crippen LogP contribution >= 0.6 is 0 Å². The summed E-state index contributed by atoms with van der Waals surface area (Å²) in [6.45, 7) is 3.81. The molecule has 2 rings (SSSR count). The highest BCUT2D eigenvalue weighted by Crippen LogP contribution is 2.29. The minimum absolute atomic E-state index is 0.0564. The Labute approximate surface area is 121 Å². The summed E-state index contributed by atoms with van der Waals surface area (Å²) >= 11 is 0. The number of benzene rings is 1. The molecule has 112 valence electrons. The third kappa shape index (κ3) is 3.96. The van der Waals surface area contributed by atoms with Gasteiger partial charge < -0.3 is 10.6 Å². The highest BCUT2D eigenvalue weighted by Gasteiger charge is 2.17. The summed E-state index contributed by atoms with van der Waals surface area (Å²) in [6.07, 6.45) is 4.19. The number of anilines is 1. The summed E-state index contributed by atoms with van der Waals surface area (Å²) in [4.78, 5) is 2.30. The van der Waals surface area contributed by atoms with Crippen molar-refractivity contribution in [2.75, 3.05) is 30.0 Å². The Morgan fingerprint density at radius 3 is 2.80 bits per heavy atom. The smallest absolute Gasteiger partial charge is 0.147 e. The predicted octanol–water partition coefficient (Wildman–Crippen LogP) is 1.89. The Kier molecular flexibility index (Phi) is 4.70. The van der Waals surface area contributed by atoms with Gasteiger partial charge in [-0.15, -0.1) is 0 Å². The van der Waals surface area contributed by atoms with E-state index in [9.17, 15) is 8.42 Å². The van der Waals surface area contributed by atoms with Gasteiger partial charge in [-0.3, -0.25) is 0 Å². The molecule has 1 heterocycles. The lowest BCUT2D eigenvalue weighted by atomic mass is 9.97. The van der Waals surface area contributed by atoms with Crippen LogP contribution < -0.4 is 10.6 Å². The molecule has 2 N–H and O–H groups in total. The minimum atomic E-state index is -2.86. The summed E-state index contributed by atoms with van der Waals surface area (Å²) in [7, 11) is -2.86. The van der Waals surface area contributed by atoms with Gasteiger partial charge >= 0.3 is 0 Å². The van der Waals surface area contributed by atoms with Gasteiger partial charge in [0, 0.05) is 31.1 Å². The molecule has 0 amide bonds. The fraction of sp³-hybridized carbons (Fsp3) is 0.600. The first-order valence-corrected chi connectivity index (χ1v) is 9.24. The van der Waals surface area contributed by atoms with E-state index in [1.54, 1.807) is 0 Å². The Morgan fingerprint density at radius 2 is 2.15 bits per heavy atom. The van der Waals surface area contributed by atoms with Crippen LogP contribution in [0.1, 0.15) is 36.9 Å². The summed E-state index contributed by atoms with van der Waals surface area (Å²) in [5, 5.41) is 0. The molecule has 1 aromatic rings. The highest BCUT2D eigenvalue weighted by molar-refractivity contribution is 7.90. The third-order valence-electron chi connectivity index (χ3n) is 3.79. The molecule has 0 fully saturated rings. The molecule has 0 bridgehead atoms. The van der Waals surface area contributed by atoms with Gasteiger partial charge in [0.1, 0.15) is 9.84 Å². The van der Waals surface area contributed by atoms with Crippen LogP contribution in [0.2, 0.25) is 0 Å². The predicted molar refractivity (Wildman–Crippen MR) is 83.9 cm³/mol. The quantitative estimate of drug-likeness (QED) is 0.901. The van der Waals surface area contributed by atoms with Gasteiger partial charge in [0.15, 0.2) is 0 Å². The molecule has 1 aliphatic rings. The summed E-state index contributed by atoms with van der Waals surface area (Å²) < 4.78 is 22.4. The largest absolute Gasteiger partial charge is 0.371 e. The third-order valence-corrected chi connectivity index (χ3v) is 4.82. The van der Waals surface area contributed by atoms with Crippen molar-refractivity contribution in [3.63, 3.8) is 0 Å². The lowest BCUT2D eigenvalue weighted by molar-refractivity contribution is 0.597. The van der Waals surface area contributed by atoms with E-state index >= 15 is 0 Å². The number of hydrogen-bond acceptors (Lipinski definition) is 4. The van der Waals surface area contributed by atoms with Gasteiger partial charge in [-0.05, 0) is 43.4 Å². The summed E-state index contributed by atoms with van der Waals surface area (Å²) in [5.41, 5.74) is 9.68. The van der Waals surface area contributed by atoms with Crippen molar-refractivity contribution in [2.45, 2.75) is 32.2 Å². The molecule has 4 nitrogen and oxygen atoms in total. The zero-order chi connectivity index (χ0) is 14.8. The Balaban J connectivity index is 2.08. The molecule has 1 unspecified atom stereocenters. The normalized spacial score (nSPS) is 16.9. The fourth-order valence-electron chi connectivity index (χ4n) is 2.73. The second-order valence-electron chi connectivity index (χ2n) is 5.75. The first-order valence-electron chi connectivity index (χ1n) is 7.18. The number of nitrogens with two attached hydrogens (primary N) is 1. The highest BCUT2D eigenvalue weighted by atomic mass is 32.2. The van der Waals surface area contributed by atoms with Crippen LogP contribution in [0.25, 0.3) is 0 Å². The van der Waals surface area contributed by atoms with Gasteiger partial charge in [0.2, 0.25) is 0 Å². The van der Waals surface area contributed by atoms with E-state index < -0.39 is 9.84 Å². The minimum Gasteiger partial charge on any atom is -0.371 e. The van der Waals surface area contributed by atoms with Crippen molar-refractivity contribution in [3.05, 3.63) is 29.3 Å². The van der Waals surface area contributed by atoms with Crippen LogP contribution in [-0.4, -0.2) is 33.5 Å². The van der Waals surface area contributed by atoms with E-state index in [0.717, 1.165) is 25.9 Å². The first-order chi connectivity index (χ1) is 9.37. The number of sulfone groups is 1. The SMILES string of the molecule is CC(N)c1ccc2c(c1)CCCN2CCCS(C)(=O)=O. The van der Waals surface area contributed by atoms with Gasteiger partial charge in [-0.1, -0.05) is 12.1 Å². The van der Waals surface area contributed by atoms with Crippen LogP contribution in [0.4, 0.5) is 5.69 Å². The maximum absolute atomic E-state index is 11.2. The number of fused-ring (bicyclic) bond motifs is 1. The van der Waals surface area contributed by atoms with E-state index in [2.05, 4.69) is 23.1 Å². The molecule has 0 aliphatic carbocycles. The maximum Gasteiger partial charge on any atom is 0.147 e. The number of hydrogen-bond donors (Lipinski definition) is 1. The molecule has 20 heavy (non-hydrogen) atoms. The van der Waals surface area contributed by atoms with E-state index in [1.807, 2.05) is 6.92 Å².